The van der Waals surface area contributed by atoms with Crippen molar-refractivity contribution in [2.75, 3.05) is 13.6 Å². The lowest BCUT2D eigenvalue weighted by molar-refractivity contribution is -0.121. The maximum absolute atomic E-state index is 11.6. The first-order valence-corrected chi connectivity index (χ1v) is 6.28. The van der Waals surface area contributed by atoms with E-state index in [9.17, 15) is 4.79 Å². The Morgan fingerprint density at radius 2 is 2.35 bits per heavy atom. The lowest BCUT2D eigenvalue weighted by Crippen LogP contribution is -2.28. The fourth-order valence-electron chi connectivity index (χ4n) is 1.78. The Hall–Kier alpha value is -1.29. The topological polar surface area (TPSA) is 46.1 Å². The summed E-state index contributed by atoms with van der Waals surface area (Å²) in [6.45, 7) is 3.37. The van der Waals surface area contributed by atoms with Gasteiger partial charge in [0.05, 0.1) is 0 Å². The highest BCUT2D eigenvalue weighted by atomic mass is 16.1. The normalized spacial score (nSPS) is 16.8. The Morgan fingerprint density at radius 3 is 3.00 bits per heavy atom. The van der Waals surface area contributed by atoms with Gasteiger partial charge < -0.3 is 15.2 Å². The van der Waals surface area contributed by atoms with Crippen LogP contribution in [-0.4, -0.2) is 24.1 Å². The molecule has 1 heterocycles. The zero-order valence-electron chi connectivity index (χ0n) is 10.6. The molecule has 94 valence electrons. The molecule has 0 radical (unpaired) electrons. The standard InChI is InChI=1S/C13H21N3O/c1-10(14-2)12-5-6-16(8-12)9-13(17)15-7-11-3-4-11/h5-6,8,10-11,14H,3-4,7,9H2,1-2H3,(H,15,17). The van der Waals surface area contributed by atoms with Crippen LogP contribution in [0.5, 0.6) is 0 Å². The van der Waals surface area contributed by atoms with Crippen molar-refractivity contribution in [2.24, 2.45) is 5.92 Å². The Bertz CT molecular complexity index is 382. The summed E-state index contributed by atoms with van der Waals surface area (Å²) in [4.78, 5) is 11.6. The molecule has 0 aromatic carbocycles. The van der Waals surface area contributed by atoms with Crippen LogP contribution < -0.4 is 10.6 Å². The predicted octanol–water partition coefficient (Wildman–Crippen LogP) is 1.29. The van der Waals surface area contributed by atoms with Crippen molar-refractivity contribution in [3.8, 4) is 0 Å². The highest BCUT2D eigenvalue weighted by Gasteiger charge is 2.21. The molecule has 1 amide bonds. The number of nitrogens with one attached hydrogen (secondary N) is 2. The molecule has 0 bridgehead atoms. The molecule has 2 N–H and O–H groups in total. The van der Waals surface area contributed by atoms with Crippen molar-refractivity contribution >= 4 is 5.91 Å². The minimum absolute atomic E-state index is 0.108. The van der Waals surface area contributed by atoms with Gasteiger partial charge in [-0.1, -0.05) is 0 Å². The van der Waals surface area contributed by atoms with Crippen LogP contribution in [0.15, 0.2) is 18.5 Å². The average molecular weight is 235 g/mol. The second-order valence-corrected chi connectivity index (χ2v) is 4.87. The third-order valence-corrected chi connectivity index (χ3v) is 3.32. The van der Waals surface area contributed by atoms with Gasteiger partial charge in [-0.15, -0.1) is 0 Å². The van der Waals surface area contributed by atoms with Crippen LogP contribution in [0.4, 0.5) is 0 Å². The number of rotatable bonds is 6. The van der Waals surface area contributed by atoms with Crippen LogP contribution in [0.1, 0.15) is 31.4 Å². The summed E-state index contributed by atoms with van der Waals surface area (Å²) in [6, 6.07) is 2.38. The SMILES string of the molecule is CNC(C)c1ccn(CC(=O)NCC2CC2)c1. The molecular formula is C13H21N3O. The van der Waals surface area contributed by atoms with Crippen LogP contribution >= 0.6 is 0 Å². The number of carbonyl (C=O) groups is 1. The number of hydrogen-bond acceptors (Lipinski definition) is 2. The largest absolute Gasteiger partial charge is 0.354 e. The quantitative estimate of drug-likeness (QED) is 0.780. The minimum Gasteiger partial charge on any atom is -0.354 e. The van der Waals surface area contributed by atoms with E-state index >= 15 is 0 Å². The zero-order chi connectivity index (χ0) is 12.3. The van der Waals surface area contributed by atoms with Crippen molar-refractivity contribution in [2.45, 2.75) is 32.4 Å². The molecule has 0 spiro atoms. The van der Waals surface area contributed by atoms with Crippen molar-refractivity contribution in [3.05, 3.63) is 24.0 Å². The average Bonchev–Trinajstić information content (AvgIpc) is 3.05. The number of nitrogens with zero attached hydrogens (tertiary/aromatic N) is 1. The minimum atomic E-state index is 0.108. The van der Waals surface area contributed by atoms with E-state index in [1.807, 2.05) is 24.0 Å². The summed E-state index contributed by atoms with van der Waals surface area (Å²) in [7, 11) is 1.93. The highest BCUT2D eigenvalue weighted by molar-refractivity contribution is 5.75. The van der Waals surface area contributed by atoms with Crippen molar-refractivity contribution in [1.82, 2.24) is 15.2 Å². The Kier molecular flexibility index (Phi) is 3.84. The monoisotopic (exact) mass is 235 g/mol. The summed E-state index contributed by atoms with van der Waals surface area (Å²) in [5.74, 6) is 0.847. The summed E-state index contributed by atoms with van der Waals surface area (Å²) in [5, 5.41) is 6.15. The second-order valence-electron chi connectivity index (χ2n) is 4.87. The first-order chi connectivity index (χ1) is 8.19. The molecule has 0 aliphatic heterocycles. The van der Waals surface area contributed by atoms with Gasteiger partial charge in [-0.3, -0.25) is 4.79 Å². The molecule has 4 heteroatoms. The molecule has 1 saturated carbocycles. The summed E-state index contributed by atoms with van der Waals surface area (Å²) in [6.07, 6.45) is 6.53. The Labute approximate surface area is 102 Å². The predicted molar refractivity (Wildman–Crippen MR) is 67.6 cm³/mol. The molecule has 1 aromatic heterocycles. The molecule has 1 aliphatic rings. The third kappa shape index (κ3) is 3.60. The van der Waals surface area contributed by atoms with Crippen LogP contribution in [0.25, 0.3) is 0 Å². The van der Waals surface area contributed by atoms with E-state index in [1.165, 1.54) is 18.4 Å². The van der Waals surface area contributed by atoms with Gasteiger partial charge in [0, 0.05) is 25.0 Å². The number of amides is 1. The Morgan fingerprint density at radius 1 is 1.59 bits per heavy atom. The molecule has 0 saturated heterocycles. The van der Waals surface area contributed by atoms with E-state index in [2.05, 4.69) is 23.6 Å². The van der Waals surface area contributed by atoms with Crippen LogP contribution in [0, 0.1) is 5.92 Å². The summed E-state index contributed by atoms with van der Waals surface area (Å²) >= 11 is 0. The van der Waals surface area contributed by atoms with E-state index in [4.69, 9.17) is 0 Å². The molecule has 4 nitrogen and oxygen atoms in total. The highest BCUT2D eigenvalue weighted by Crippen LogP contribution is 2.27. The first-order valence-electron chi connectivity index (χ1n) is 6.28. The van der Waals surface area contributed by atoms with Crippen molar-refractivity contribution < 1.29 is 4.79 Å². The van der Waals surface area contributed by atoms with Crippen molar-refractivity contribution in [3.63, 3.8) is 0 Å². The molecule has 2 rings (SSSR count). The first kappa shape index (κ1) is 12.2. The Balaban J connectivity index is 1.80. The third-order valence-electron chi connectivity index (χ3n) is 3.32. The van der Waals surface area contributed by atoms with Gasteiger partial charge in [0.2, 0.25) is 5.91 Å². The van der Waals surface area contributed by atoms with E-state index in [0.29, 0.717) is 12.6 Å². The molecule has 1 aromatic rings. The van der Waals surface area contributed by atoms with Gasteiger partial charge >= 0.3 is 0 Å². The summed E-state index contributed by atoms with van der Waals surface area (Å²) in [5.41, 5.74) is 1.21. The van der Waals surface area contributed by atoms with Gasteiger partial charge in [0.15, 0.2) is 0 Å². The van der Waals surface area contributed by atoms with Crippen LogP contribution in [0.2, 0.25) is 0 Å². The van der Waals surface area contributed by atoms with Gasteiger partial charge in [-0.2, -0.15) is 0 Å². The maximum Gasteiger partial charge on any atom is 0.239 e. The van der Waals surface area contributed by atoms with Gasteiger partial charge in [0.25, 0.3) is 0 Å². The second kappa shape index (κ2) is 5.36. The summed E-state index contributed by atoms with van der Waals surface area (Å²) < 4.78 is 1.94. The van der Waals surface area contributed by atoms with Gasteiger partial charge in [-0.25, -0.2) is 0 Å². The molecule has 1 aliphatic carbocycles. The van der Waals surface area contributed by atoms with E-state index < -0.39 is 0 Å². The molecule has 1 fully saturated rings. The lowest BCUT2D eigenvalue weighted by atomic mass is 10.2. The maximum atomic E-state index is 11.6. The van der Waals surface area contributed by atoms with Crippen LogP contribution in [0.3, 0.4) is 0 Å². The van der Waals surface area contributed by atoms with E-state index in [0.717, 1.165) is 12.5 Å². The van der Waals surface area contributed by atoms with Gasteiger partial charge in [0.1, 0.15) is 6.54 Å². The van der Waals surface area contributed by atoms with Crippen LogP contribution in [-0.2, 0) is 11.3 Å². The number of carbonyl (C=O) groups excluding carboxylic acids is 1. The fraction of sp³-hybridized carbons (Fsp3) is 0.615. The molecule has 17 heavy (non-hydrogen) atoms. The number of aromatic nitrogens is 1. The fourth-order valence-corrected chi connectivity index (χ4v) is 1.78. The van der Waals surface area contributed by atoms with E-state index in [1.54, 1.807) is 0 Å². The number of hydrogen-bond donors (Lipinski definition) is 2. The lowest BCUT2D eigenvalue weighted by Gasteiger charge is -2.07. The van der Waals surface area contributed by atoms with Gasteiger partial charge in [-0.05, 0) is 44.4 Å². The molecular weight excluding hydrogens is 214 g/mol. The van der Waals surface area contributed by atoms with E-state index in [-0.39, 0.29) is 5.91 Å². The molecule has 1 atom stereocenters. The molecule has 1 unspecified atom stereocenters. The zero-order valence-corrected chi connectivity index (χ0v) is 10.6. The smallest absolute Gasteiger partial charge is 0.239 e. The van der Waals surface area contributed by atoms with Crippen molar-refractivity contribution in [1.29, 1.82) is 0 Å².